The van der Waals surface area contributed by atoms with E-state index in [9.17, 15) is 22.8 Å². The second-order valence-corrected chi connectivity index (χ2v) is 6.50. The van der Waals surface area contributed by atoms with Gasteiger partial charge in [-0.3, -0.25) is 0 Å². The molecule has 1 aromatic heterocycles. The van der Waals surface area contributed by atoms with Gasteiger partial charge in [-0.05, 0) is 19.1 Å². The molecule has 1 aliphatic heterocycles. The zero-order chi connectivity index (χ0) is 20.3. The molecular weight excluding hydrogens is 377 g/mol. The van der Waals surface area contributed by atoms with Gasteiger partial charge in [-0.1, -0.05) is 12.1 Å². The van der Waals surface area contributed by atoms with Crippen molar-refractivity contribution in [2.75, 3.05) is 18.4 Å². The Kier molecular flexibility index (Phi) is 5.62. The Hall–Kier alpha value is -2.97. The number of carbonyl (C=O) groups excluding carboxylic acids is 1. The number of para-hydroxylation sites is 1. The van der Waals surface area contributed by atoms with E-state index in [1.165, 1.54) is 29.2 Å². The molecule has 2 amide bonds. The van der Waals surface area contributed by atoms with Crippen molar-refractivity contribution in [3.63, 3.8) is 0 Å². The van der Waals surface area contributed by atoms with Gasteiger partial charge in [0, 0.05) is 32.0 Å². The number of halogens is 3. The highest BCUT2D eigenvalue weighted by Crippen LogP contribution is 2.34. The van der Waals surface area contributed by atoms with Gasteiger partial charge in [-0.2, -0.15) is 13.2 Å². The number of piperidine rings is 1. The van der Waals surface area contributed by atoms with E-state index < -0.39 is 23.4 Å². The number of carbonyl (C=O) groups is 1. The fourth-order valence-electron chi connectivity index (χ4n) is 3.05. The third-order valence-electron chi connectivity index (χ3n) is 4.37. The van der Waals surface area contributed by atoms with E-state index in [1.54, 1.807) is 13.0 Å². The van der Waals surface area contributed by atoms with Gasteiger partial charge in [0.05, 0.1) is 17.3 Å². The normalized spacial score (nSPS) is 15.4. The van der Waals surface area contributed by atoms with E-state index in [4.69, 9.17) is 9.15 Å². The third kappa shape index (κ3) is 4.85. The van der Waals surface area contributed by atoms with Crippen LogP contribution in [-0.4, -0.2) is 30.1 Å². The van der Waals surface area contributed by atoms with E-state index >= 15 is 0 Å². The van der Waals surface area contributed by atoms with Gasteiger partial charge in [0.15, 0.2) is 0 Å². The van der Waals surface area contributed by atoms with Crippen molar-refractivity contribution in [1.29, 1.82) is 0 Å². The van der Waals surface area contributed by atoms with Crippen LogP contribution < -0.4 is 15.7 Å². The maximum Gasteiger partial charge on any atom is 0.418 e. The van der Waals surface area contributed by atoms with Crippen molar-refractivity contribution in [3.05, 3.63) is 58.1 Å². The van der Waals surface area contributed by atoms with Gasteiger partial charge in [0.25, 0.3) is 0 Å². The summed E-state index contributed by atoms with van der Waals surface area (Å²) in [5.41, 5.74) is -1.67. The van der Waals surface area contributed by atoms with Gasteiger partial charge >= 0.3 is 17.8 Å². The SMILES string of the molecule is Cc1cc(OC2CCN(C(=O)Nc3ccccc3C(F)(F)F)CC2)cc(=O)o1. The Morgan fingerprint density at radius 2 is 1.89 bits per heavy atom. The van der Waals surface area contributed by atoms with Crippen molar-refractivity contribution < 1.29 is 27.1 Å². The number of anilines is 1. The van der Waals surface area contributed by atoms with Crippen LogP contribution in [-0.2, 0) is 6.18 Å². The summed E-state index contributed by atoms with van der Waals surface area (Å²) in [7, 11) is 0. The van der Waals surface area contributed by atoms with E-state index in [2.05, 4.69) is 5.32 Å². The summed E-state index contributed by atoms with van der Waals surface area (Å²) in [5, 5.41) is 2.34. The number of likely N-dealkylation sites (tertiary alicyclic amines) is 1. The highest BCUT2D eigenvalue weighted by molar-refractivity contribution is 5.90. The molecule has 2 aromatic rings. The van der Waals surface area contributed by atoms with Crippen LogP contribution >= 0.6 is 0 Å². The molecule has 0 saturated carbocycles. The molecule has 0 atom stereocenters. The van der Waals surface area contributed by atoms with Crippen LogP contribution in [0.4, 0.5) is 23.7 Å². The number of hydrogen-bond donors (Lipinski definition) is 1. The first kappa shape index (κ1) is 19.8. The molecule has 28 heavy (non-hydrogen) atoms. The minimum atomic E-state index is -4.55. The third-order valence-corrected chi connectivity index (χ3v) is 4.37. The largest absolute Gasteiger partial charge is 0.490 e. The summed E-state index contributed by atoms with van der Waals surface area (Å²) in [6.45, 7) is 2.29. The lowest BCUT2D eigenvalue weighted by molar-refractivity contribution is -0.136. The lowest BCUT2D eigenvalue weighted by Crippen LogP contribution is -2.44. The number of nitrogens with one attached hydrogen (secondary N) is 1. The molecule has 0 unspecified atom stereocenters. The lowest BCUT2D eigenvalue weighted by atomic mass is 10.1. The number of amides is 2. The predicted molar refractivity (Wildman–Crippen MR) is 95.4 cm³/mol. The van der Waals surface area contributed by atoms with Crippen LogP contribution in [0.25, 0.3) is 0 Å². The number of ether oxygens (including phenoxy) is 1. The molecule has 9 heteroatoms. The first-order chi connectivity index (χ1) is 13.2. The van der Waals surface area contributed by atoms with Crippen molar-refractivity contribution >= 4 is 11.7 Å². The topological polar surface area (TPSA) is 71.8 Å². The molecule has 1 N–H and O–H groups in total. The molecule has 6 nitrogen and oxygen atoms in total. The first-order valence-corrected chi connectivity index (χ1v) is 8.73. The fourth-order valence-corrected chi connectivity index (χ4v) is 3.05. The van der Waals surface area contributed by atoms with E-state index in [0.717, 1.165) is 6.07 Å². The maximum absolute atomic E-state index is 13.0. The molecule has 1 aliphatic rings. The van der Waals surface area contributed by atoms with Crippen LogP contribution in [0, 0.1) is 6.92 Å². The van der Waals surface area contributed by atoms with E-state index in [0.29, 0.717) is 37.4 Å². The molecule has 150 valence electrons. The molecule has 0 radical (unpaired) electrons. The van der Waals surface area contributed by atoms with Gasteiger partial charge in [-0.15, -0.1) is 0 Å². The Morgan fingerprint density at radius 1 is 1.21 bits per heavy atom. The van der Waals surface area contributed by atoms with Gasteiger partial charge in [-0.25, -0.2) is 9.59 Å². The average molecular weight is 396 g/mol. The van der Waals surface area contributed by atoms with Crippen LogP contribution in [0.2, 0.25) is 0 Å². The Balaban J connectivity index is 1.58. The number of aryl methyl sites for hydroxylation is 1. The molecular formula is C19H19F3N2O4. The summed E-state index contributed by atoms with van der Waals surface area (Å²) >= 11 is 0. The minimum Gasteiger partial charge on any atom is -0.490 e. The molecule has 0 spiro atoms. The first-order valence-electron chi connectivity index (χ1n) is 8.73. The van der Waals surface area contributed by atoms with E-state index in [1.807, 2.05) is 0 Å². The fraction of sp³-hybridized carbons (Fsp3) is 0.368. The van der Waals surface area contributed by atoms with Crippen molar-refractivity contribution in [2.45, 2.75) is 32.0 Å². The molecule has 1 aromatic carbocycles. The number of alkyl halides is 3. The monoisotopic (exact) mass is 396 g/mol. The summed E-state index contributed by atoms with van der Waals surface area (Å²) in [5.74, 6) is 0.832. The summed E-state index contributed by atoms with van der Waals surface area (Å²) in [4.78, 5) is 25.2. The Bertz CT molecular complexity index is 903. The predicted octanol–water partition coefficient (Wildman–Crippen LogP) is 4.04. The summed E-state index contributed by atoms with van der Waals surface area (Å²) in [6, 6.07) is 7.12. The van der Waals surface area contributed by atoms with Crippen LogP contribution in [0.15, 0.2) is 45.6 Å². The highest BCUT2D eigenvalue weighted by atomic mass is 19.4. The second-order valence-electron chi connectivity index (χ2n) is 6.50. The molecule has 3 rings (SSSR count). The Labute approximate surface area is 158 Å². The average Bonchev–Trinajstić information content (AvgIpc) is 2.61. The van der Waals surface area contributed by atoms with Crippen LogP contribution in [0.1, 0.15) is 24.2 Å². The van der Waals surface area contributed by atoms with Crippen LogP contribution in [0.3, 0.4) is 0 Å². The van der Waals surface area contributed by atoms with Gasteiger partial charge < -0.3 is 19.4 Å². The molecule has 1 fully saturated rings. The number of benzene rings is 1. The molecule has 0 bridgehead atoms. The molecule has 0 aliphatic carbocycles. The highest BCUT2D eigenvalue weighted by Gasteiger charge is 2.34. The van der Waals surface area contributed by atoms with Crippen molar-refractivity contribution in [1.82, 2.24) is 4.90 Å². The zero-order valence-corrected chi connectivity index (χ0v) is 15.1. The van der Waals surface area contributed by atoms with Crippen molar-refractivity contribution in [2.24, 2.45) is 0 Å². The Morgan fingerprint density at radius 3 is 2.54 bits per heavy atom. The molecule has 2 heterocycles. The standard InChI is InChI=1S/C19H19F3N2O4/c1-12-10-14(11-17(25)27-12)28-13-6-8-24(9-7-13)18(26)23-16-5-3-2-4-15(16)19(20,21)22/h2-5,10-11,13H,6-9H2,1H3,(H,23,26). The zero-order valence-electron chi connectivity index (χ0n) is 15.1. The van der Waals surface area contributed by atoms with E-state index in [-0.39, 0.29) is 11.8 Å². The number of nitrogens with zero attached hydrogens (tertiary/aromatic N) is 1. The summed E-state index contributed by atoms with van der Waals surface area (Å²) in [6.07, 6.45) is -3.76. The molecule has 1 saturated heterocycles. The van der Waals surface area contributed by atoms with Gasteiger partial charge in [0.1, 0.15) is 17.6 Å². The number of hydrogen-bond acceptors (Lipinski definition) is 4. The summed E-state index contributed by atoms with van der Waals surface area (Å²) < 4.78 is 49.8. The quantitative estimate of drug-likeness (QED) is 0.850. The maximum atomic E-state index is 13.0. The van der Waals surface area contributed by atoms with Gasteiger partial charge in [0.2, 0.25) is 0 Å². The number of urea groups is 1. The minimum absolute atomic E-state index is 0.201. The van der Waals surface area contributed by atoms with Crippen molar-refractivity contribution in [3.8, 4) is 5.75 Å². The second kappa shape index (κ2) is 7.95. The lowest BCUT2D eigenvalue weighted by Gasteiger charge is -2.32. The smallest absolute Gasteiger partial charge is 0.418 e. The van der Waals surface area contributed by atoms with Crippen LogP contribution in [0.5, 0.6) is 5.75 Å². The number of rotatable bonds is 3.